The first-order valence-electron chi connectivity index (χ1n) is 8.00. The average molecular weight is 329 g/mol. The molecule has 0 radical (unpaired) electrons. The molecule has 0 aliphatic carbocycles. The number of rotatable bonds is 4. The van der Waals surface area contributed by atoms with Gasteiger partial charge in [0.1, 0.15) is 5.82 Å². The van der Waals surface area contributed by atoms with E-state index >= 15 is 0 Å². The molecule has 126 valence electrons. The Morgan fingerprint density at radius 3 is 2.92 bits per heavy atom. The normalized spacial score (nSPS) is 17.5. The Bertz CT molecular complexity index is 681. The summed E-state index contributed by atoms with van der Waals surface area (Å²) in [6, 6.07) is 12.7. The van der Waals surface area contributed by atoms with Gasteiger partial charge < -0.3 is 15.0 Å². The molecule has 1 atom stereocenters. The van der Waals surface area contributed by atoms with E-state index in [1.54, 1.807) is 4.90 Å². The largest absolute Gasteiger partial charge is 0.374 e. The minimum absolute atomic E-state index is 0.0292. The second-order valence-electron chi connectivity index (χ2n) is 5.72. The van der Waals surface area contributed by atoms with Gasteiger partial charge in [-0.25, -0.2) is 9.18 Å². The highest BCUT2D eigenvalue weighted by atomic mass is 19.1. The summed E-state index contributed by atoms with van der Waals surface area (Å²) in [6.07, 6.45) is 2.24. The molecule has 5 nitrogen and oxygen atoms in total. The first-order valence-corrected chi connectivity index (χ1v) is 8.00. The topological polar surface area (TPSA) is 54.5 Å². The summed E-state index contributed by atoms with van der Waals surface area (Å²) in [6.45, 7) is 1.63. The van der Waals surface area contributed by atoms with Gasteiger partial charge in [0, 0.05) is 25.7 Å². The van der Waals surface area contributed by atoms with Gasteiger partial charge in [0.15, 0.2) is 0 Å². The number of hydrogen-bond acceptors (Lipinski definition) is 3. The van der Waals surface area contributed by atoms with E-state index in [4.69, 9.17) is 4.74 Å². The lowest BCUT2D eigenvalue weighted by Crippen LogP contribution is -2.50. The molecule has 2 amide bonds. The Labute approximate surface area is 140 Å². The molecule has 24 heavy (non-hydrogen) atoms. The van der Waals surface area contributed by atoms with Crippen LogP contribution in [0.1, 0.15) is 11.3 Å². The Balaban J connectivity index is 1.52. The van der Waals surface area contributed by atoms with Crippen LogP contribution >= 0.6 is 0 Å². The van der Waals surface area contributed by atoms with Crippen molar-refractivity contribution in [3.8, 4) is 0 Å². The van der Waals surface area contributed by atoms with Gasteiger partial charge in [0.05, 0.1) is 24.9 Å². The van der Waals surface area contributed by atoms with E-state index in [1.807, 2.05) is 30.3 Å². The van der Waals surface area contributed by atoms with Crippen LogP contribution in [0.5, 0.6) is 0 Å². The maximum atomic E-state index is 13.5. The van der Waals surface area contributed by atoms with Crippen molar-refractivity contribution in [2.75, 3.05) is 19.7 Å². The van der Waals surface area contributed by atoms with E-state index in [0.717, 1.165) is 6.42 Å². The van der Waals surface area contributed by atoms with Crippen molar-refractivity contribution in [3.63, 3.8) is 0 Å². The number of pyridine rings is 1. The van der Waals surface area contributed by atoms with Gasteiger partial charge in [-0.1, -0.05) is 30.3 Å². The summed E-state index contributed by atoms with van der Waals surface area (Å²) in [5.74, 6) is -0.415. The smallest absolute Gasteiger partial charge is 0.317 e. The van der Waals surface area contributed by atoms with Crippen molar-refractivity contribution in [1.29, 1.82) is 0 Å². The molecule has 0 spiro atoms. The molecule has 3 rings (SSSR count). The number of nitrogens with zero attached hydrogens (tertiary/aromatic N) is 2. The van der Waals surface area contributed by atoms with Gasteiger partial charge >= 0.3 is 6.03 Å². The van der Waals surface area contributed by atoms with Gasteiger partial charge in [0.25, 0.3) is 0 Å². The fourth-order valence-corrected chi connectivity index (χ4v) is 2.72. The SMILES string of the molecule is O=C(NCc1ncccc1F)N1CCO[C@H](Cc2ccccc2)C1. The molecule has 1 aliphatic rings. The summed E-state index contributed by atoms with van der Waals surface area (Å²) in [5.41, 5.74) is 1.42. The maximum Gasteiger partial charge on any atom is 0.317 e. The summed E-state index contributed by atoms with van der Waals surface area (Å²) >= 11 is 0. The molecular weight excluding hydrogens is 309 g/mol. The van der Waals surface area contributed by atoms with E-state index in [9.17, 15) is 9.18 Å². The lowest BCUT2D eigenvalue weighted by molar-refractivity contribution is -0.0133. The van der Waals surface area contributed by atoms with Crippen molar-refractivity contribution in [2.45, 2.75) is 19.1 Å². The molecule has 1 saturated heterocycles. The number of aromatic nitrogens is 1. The third-order valence-corrected chi connectivity index (χ3v) is 3.97. The summed E-state index contributed by atoms with van der Waals surface area (Å²) in [7, 11) is 0. The van der Waals surface area contributed by atoms with Crippen molar-refractivity contribution in [3.05, 3.63) is 65.7 Å². The maximum absolute atomic E-state index is 13.5. The number of halogens is 1. The van der Waals surface area contributed by atoms with Crippen LogP contribution in [-0.4, -0.2) is 41.7 Å². The number of morpholine rings is 1. The minimum atomic E-state index is -0.415. The molecule has 0 bridgehead atoms. The van der Waals surface area contributed by atoms with Gasteiger partial charge in [0.2, 0.25) is 0 Å². The fraction of sp³-hybridized carbons (Fsp3) is 0.333. The third-order valence-electron chi connectivity index (χ3n) is 3.97. The molecule has 2 heterocycles. The number of hydrogen-bond donors (Lipinski definition) is 1. The van der Waals surface area contributed by atoms with Crippen LogP contribution in [-0.2, 0) is 17.7 Å². The Kier molecular flexibility index (Phi) is 5.38. The van der Waals surface area contributed by atoms with Crippen molar-refractivity contribution in [1.82, 2.24) is 15.2 Å². The number of nitrogens with one attached hydrogen (secondary N) is 1. The third kappa shape index (κ3) is 4.29. The molecule has 0 saturated carbocycles. The molecule has 1 aromatic heterocycles. The Morgan fingerprint density at radius 2 is 2.12 bits per heavy atom. The molecule has 6 heteroatoms. The predicted molar refractivity (Wildman–Crippen MR) is 87.9 cm³/mol. The van der Waals surface area contributed by atoms with Crippen LogP contribution in [0.15, 0.2) is 48.7 Å². The first-order chi connectivity index (χ1) is 11.7. The number of benzene rings is 1. The zero-order valence-corrected chi connectivity index (χ0v) is 13.3. The van der Waals surface area contributed by atoms with Gasteiger partial charge in [-0.15, -0.1) is 0 Å². The summed E-state index contributed by atoms with van der Waals surface area (Å²) in [5, 5.41) is 2.72. The zero-order valence-electron chi connectivity index (χ0n) is 13.3. The highest BCUT2D eigenvalue weighted by Gasteiger charge is 2.24. The molecule has 1 N–H and O–H groups in total. The van der Waals surface area contributed by atoms with E-state index < -0.39 is 5.82 Å². The average Bonchev–Trinajstić information content (AvgIpc) is 2.62. The lowest BCUT2D eigenvalue weighted by atomic mass is 10.1. The van der Waals surface area contributed by atoms with Gasteiger partial charge in [-0.2, -0.15) is 0 Å². The van der Waals surface area contributed by atoms with Crippen LogP contribution in [0.25, 0.3) is 0 Å². The van der Waals surface area contributed by atoms with Crippen LogP contribution in [0.3, 0.4) is 0 Å². The molecular formula is C18H20FN3O2. The zero-order chi connectivity index (χ0) is 16.8. The van der Waals surface area contributed by atoms with Crippen LogP contribution in [0, 0.1) is 5.82 Å². The number of ether oxygens (including phenoxy) is 1. The van der Waals surface area contributed by atoms with Gasteiger partial charge in [-0.3, -0.25) is 4.98 Å². The van der Waals surface area contributed by atoms with Crippen molar-refractivity contribution in [2.24, 2.45) is 0 Å². The molecule has 0 unspecified atom stereocenters. The highest BCUT2D eigenvalue weighted by molar-refractivity contribution is 5.74. The van der Waals surface area contributed by atoms with E-state index in [1.165, 1.54) is 23.9 Å². The van der Waals surface area contributed by atoms with E-state index in [0.29, 0.717) is 19.7 Å². The van der Waals surface area contributed by atoms with Crippen LogP contribution < -0.4 is 5.32 Å². The van der Waals surface area contributed by atoms with Crippen molar-refractivity contribution < 1.29 is 13.9 Å². The number of carbonyl (C=O) groups excluding carboxylic acids is 1. The molecule has 2 aromatic rings. The second kappa shape index (κ2) is 7.88. The van der Waals surface area contributed by atoms with Crippen LogP contribution in [0.4, 0.5) is 9.18 Å². The van der Waals surface area contributed by atoms with Crippen molar-refractivity contribution >= 4 is 6.03 Å². The fourth-order valence-electron chi connectivity index (χ4n) is 2.72. The standard InChI is InChI=1S/C18H20FN3O2/c19-16-7-4-8-20-17(16)12-21-18(23)22-9-10-24-15(13-22)11-14-5-2-1-3-6-14/h1-8,15H,9-13H2,(H,21,23)/t15-/m1/s1. The van der Waals surface area contributed by atoms with E-state index in [2.05, 4.69) is 10.3 Å². The Hall–Kier alpha value is -2.47. The molecule has 1 fully saturated rings. The highest BCUT2D eigenvalue weighted by Crippen LogP contribution is 2.12. The van der Waals surface area contributed by atoms with Gasteiger partial charge in [-0.05, 0) is 17.7 Å². The van der Waals surface area contributed by atoms with E-state index in [-0.39, 0.29) is 24.4 Å². The predicted octanol–water partition coefficient (Wildman–Crippen LogP) is 2.37. The molecule has 1 aliphatic heterocycles. The second-order valence-corrected chi connectivity index (χ2v) is 5.72. The Morgan fingerprint density at radius 1 is 1.29 bits per heavy atom. The molecule has 1 aromatic carbocycles. The first kappa shape index (κ1) is 16.4. The summed E-state index contributed by atoms with van der Waals surface area (Å²) in [4.78, 5) is 17.9. The quantitative estimate of drug-likeness (QED) is 0.937. The number of urea groups is 1. The number of amides is 2. The lowest BCUT2D eigenvalue weighted by Gasteiger charge is -2.33. The minimum Gasteiger partial charge on any atom is -0.374 e. The van der Waals surface area contributed by atoms with Crippen LogP contribution in [0.2, 0.25) is 0 Å². The summed E-state index contributed by atoms with van der Waals surface area (Å²) < 4.78 is 19.3. The number of carbonyl (C=O) groups is 1. The monoisotopic (exact) mass is 329 g/mol.